The van der Waals surface area contributed by atoms with Crippen LogP contribution in [0.15, 0.2) is 30.4 Å². The number of rotatable bonds is 3. The second-order valence-electron chi connectivity index (χ2n) is 8.68. The van der Waals surface area contributed by atoms with E-state index >= 15 is 0 Å². The fourth-order valence-corrected chi connectivity index (χ4v) is 5.01. The summed E-state index contributed by atoms with van der Waals surface area (Å²) >= 11 is 0. The van der Waals surface area contributed by atoms with E-state index in [-0.39, 0.29) is 5.56 Å². The summed E-state index contributed by atoms with van der Waals surface area (Å²) < 4.78 is 51.3. The lowest BCUT2D eigenvalue weighted by molar-refractivity contribution is -0.140. The van der Waals surface area contributed by atoms with Crippen molar-refractivity contribution in [2.75, 3.05) is 0 Å². The van der Waals surface area contributed by atoms with Gasteiger partial charge in [-0.1, -0.05) is 44.1 Å². The molecule has 0 saturated heterocycles. The van der Waals surface area contributed by atoms with Crippen LogP contribution in [0.1, 0.15) is 75.8 Å². The maximum absolute atomic E-state index is 13.6. The molecule has 0 aromatic heterocycles. The standard InChI is InChI=1S/C25H30F4/c1-2-18-7-12-21(13-8-18)22-14-9-19(10-15-22)5-3-4-6-20-11-16-23(24(26)17-20)25(27,28)29/h3,5,11,16-19,21-22H,2,7-10,12-15H2,1H3/t18-,19-,21-,22-. The lowest BCUT2D eigenvalue weighted by Crippen LogP contribution is -2.25. The van der Waals surface area contributed by atoms with E-state index in [0.717, 1.165) is 29.9 Å². The van der Waals surface area contributed by atoms with Crippen LogP contribution in [-0.2, 0) is 6.18 Å². The van der Waals surface area contributed by atoms with Gasteiger partial charge in [-0.3, -0.25) is 0 Å². The zero-order valence-electron chi connectivity index (χ0n) is 17.1. The van der Waals surface area contributed by atoms with Crippen LogP contribution < -0.4 is 0 Å². The van der Waals surface area contributed by atoms with Gasteiger partial charge in [-0.25, -0.2) is 4.39 Å². The fourth-order valence-electron chi connectivity index (χ4n) is 5.01. The molecule has 1 aromatic rings. The molecule has 1 aromatic carbocycles. The molecule has 158 valence electrons. The number of benzene rings is 1. The van der Waals surface area contributed by atoms with Gasteiger partial charge in [-0.2, -0.15) is 13.2 Å². The molecular formula is C25H30F4. The van der Waals surface area contributed by atoms with Gasteiger partial charge >= 0.3 is 6.18 Å². The molecule has 0 nitrogen and oxygen atoms in total. The molecule has 29 heavy (non-hydrogen) atoms. The lowest BCUT2D eigenvalue weighted by atomic mass is 9.69. The van der Waals surface area contributed by atoms with Gasteiger partial charge in [0.15, 0.2) is 0 Å². The van der Waals surface area contributed by atoms with E-state index in [2.05, 4.69) is 24.8 Å². The van der Waals surface area contributed by atoms with Gasteiger partial charge in [-0.15, -0.1) is 0 Å². The molecule has 4 heteroatoms. The van der Waals surface area contributed by atoms with Crippen molar-refractivity contribution in [1.29, 1.82) is 0 Å². The van der Waals surface area contributed by atoms with Crippen molar-refractivity contribution in [2.45, 2.75) is 70.9 Å². The second-order valence-corrected chi connectivity index (χ2v) is 8.68. The predicted molar refractivity (Wildman–Crippen MR) is 109 cm³/mol. The van der Waals surface area contributed by atoms with Gasteiger partial charge in [0, 0.05) is 5.56 Å². The minimum Gasteiger partial charge on any atom is -0.206 e. The Bertz CT molecular complexity index is 749. The predicted octanol–water partition coefficient (Wildman–Crippen LogP) is 7.78. The molecule has 2 saturated carbocycles. The Morgan fingerprint density at radius 3 is 2.14 bits per heavy atom. The Balaban J connectivity index is 1.46. The minimum absolute atomic E-state index is 0.256. The first kappa shape index (κ1) is 21.9. The van der Waals surface area contributed by atoms with Crippen LogP contribution in [0.3, 0.4) is 0 Å². The molecule has 0 heterocycles. The summed E-state index contributed by atoms with van der Waals surface area (Å²) in [4.78, 5) is 0. The van der Waals surface area contributed by atoms with E-state index in [1.54, 1.807) is 6.08 Å². The van der Waals surface area contributed by atoms with Gasteiger partial charge in [0.2, 0.25) is 0 Å². The fraction of sp³-hybridized carbons (Fsp3) is 0.600. The number of allylic oxidation sites excluding steroid dienone is 2. The van der Waals surface area contributed by atoms with E-state index in [9.17, 15) is 17.6 Å². The third kappa shape index (κ3) is 6.11. The Labute approximate surface area is 171 Å². The van der Waals surface area contributed by atoms with Crippen molar-refractivity contribution in [3.8, 4) is 11.8 Å². The smallest absolute Gasteiger partial charge is 0.206 e. The Hall–Kier alpha value is -1.76. The Morgan fingerprint density at radius 1 is 0.966 bits per heavy atom. The third-order valence-electron chi connectivity index (χ3n) is 6.89. The third-order valence-corrected chi connectivity index (χ3v) is 6.89. The molecule has 2 aliphatic carbocycles. The van der Waals surface area contributed by atoms with Gasteiger partial charge in [0.1, 0.15) is 5.82 Å². The minimum atomic E-state index is -4.68. The van der Waals surface area contributed by atoms with Crippen molar-refractivity contribution < 1.29 is 17.6 Å². The summed E-state index contributed by atoms with van der Waals surface area (Å²) in [5.41, 5.74) is -0.995. The number of alkyl halides is 3. The first-order chi connectivity index (χ1) is 13.9. The van der Waals surface area contributed by atoms with Crippen LogP contribution in [-0.4, -0.2) is 0 Å². The van der Waals surface area contributed by atoms with E-state index in [1.165, 1.54) is 63.9 Å². The van der Waals surface area contributed by atoms with Crippen LogP contribution in [0.4, 0.5) is 17.6 Å². The largest absolute Gasteiger partial charge is 0.419 e. The summed E-state index contributed by atoms with van der Waals surface area (Å²) in [5, 5.41) is 0. The van der Waals surface area contributed by atoms with E-state index in [1.807, 2.05) is 0 Å². The van der Waals surface area contributed by atoms with Crippen LogP contribution >= 0.6 is 0 Å². The molecule has 0 radical (unpaired) electrons. The highest BCUT2D eigenvalue weighted by Gasteiger charge is 2.34. The quantitative estimate of drug-likeness (QED) is 0.355. The molecule has 0 spiro atoms. The van der Waals surface area contributed by atoms with Crippen LogP contribution in [0.25, 0.3) is 0 Å². The molecule has 2 aliphatic rings. The molecule has 0 atom stereocenters. The first-order valence-corrected chi connectivity index (χ1v) is 10.9. The van der Waals surface area contributed by atoms with Crippen LogP contribution in [0, 0.1) is 41.3 Å². The monoisotopic (exact) mass is 406 g/mol. The summed E-state index contributed by atoms with van der Waals surface area (Å²) in [6.45, 7) is 2.31. The zero-order chi connectivity index (χ0) is 20.9. The van der Waals surface area contributed by atoms with Gasteiger partial charge in [0.25, 0.3) is 0 Å². The maximum Gasteiger partial charge on any atom is 0.419 e. The highest BCUT2D eigenvalue weighted by molar-refractivity contribution is 5.39. The van der Waals surface area contributed by atoms with Gasteiger partial charge in [0.05, 0.1) is 5.56 Å². The average molecular weight is 407 g/mol. The molecule has 0 N–H and O–H groups in total. The normalized spacial score (nSPS) is 28.2. The summed E-state index contributed by atoms with van der Waals surface area (Å²) in [5.74, 6) is 7.55. The lowest BCUT2D eigenvalue weighted by Gasteiger charge is -2.37. The number of hydrogen-bond donors (Lipinski definition) is 0. The van der Waals surface area contributed by atoms with Gasteiger partial charge < -0.3 is 0 Å². The van der Waals surface area contributed by atoms with E-state index in [4.69, 9.17) is 0 Å². The number of halogens is 4. The molecular weight excluding hydrogens is 376 g/mol. The average Bonchev–Trinajstić information content (AvgIpc) is 2.71. The van der Waals surface area contributed by atoms with E-state index in [0.29, 0.717) is 5.92 Å². The van der Waals surface area contributed by atoms with Crippen molar-refractivity contribution in [3.63, 3.8) is 0 Å². The van der Waals surface area contributed by atoms with Crippen molar-refractivity contribution in [3.05, 3.63) is 47.3 Å². The first-order valence-electron chi connectivity index (χ1n) is 10.9. The van der Waals surface area contributed by atoms with Crippen molar-refractivity contribution >= 4 is 0 Å². The van der Waals surface area contributed by atoms with Gasteiger partial charge in [-0.05, 0) is 86.5 Å². The van der Waals surface area contributed by atoms with Crippen molar-refractivity contribution in [1.82, 2.24) is 0 Å². The molecule has 2 fully saturated rings. The molecule has 0 unspecified atom stereocenters. The highest BCUT2D eigenvalue weighted by Crippen LogP contribution is 2.42. The van der Waals surface area contributed by atoms with E-state index < -0.39 is 17.6 Å². The summed E-state index contributed by atoms with van der Waals surface area (Å²) in [7, 11) is 0. The van der Waals surface area contributed by atoms with Crippen molar-refractivity contribution in [2.24, 2.45) is 23.7 Å². The number of hydrogen-bond acceptors (Lipinski definition) is 0. The molecule has 0 amide bonds. The maximum atomic E-state index is 13.6. The molecule has 0 aliphatic heterocycles. The Kier molecular flexibility index (Phi) is 7.44. The zero-order valence-corrected chi connectivity index (χ0v) is 17.1. The summed E-state index contributed by atoms with van der Waals surface area (Å²) in [6.07, 6.45) is 11.1. The Morgan fingerprint density at radius 2 is 1.59 bits per heavy atom. The second kappa shape index (κ2) is 9.83. The SMILES string of the molecule is CC[C@H]1CC[C@H]([C@H]2CC[C@H](C=CC#Cc3ccc(C(F)(F)F)c(F)c3)CC2)CC1. The topological polar surface area (TPSA) is 0 Å². The molecule has 3 rings (SSSR count). The highest BCUT2D eigenvalue weighted by atomic mass is 19.4. The summed E-state index contributed by atoms with van der Waals surface area (Å²) in [6, 6.07) is 2.81. The van der Waals surface area contributed by atoms with Crippen LogP contribution in [0.5, 0.6) is 0 Å². The molecule has 0 bridgehead atoms. The van der Waals surface area contributed by atoms with Crippen LogP contribution in [0.2, 0.25) is 0 Å².